The fraction of sp³-hybridized carbons (Fsp3) is 0.294. The summed E-state index contributed by atoms with van der Waals surface area (Å²) in [5, 5.41) is 5.10. The zero-order valence-electron chi connectivity index (χ0n) is 12.3. The highest BCUT2D eigenvalue weighted by Gasteiger charge is 2.36. The number of hydrogen-bond acceptors (Lipinski definition) is 5. The van der Waals surface area contributed by atoms with E-state index in [0.717, 1.165) is 36.2 Å². The molecule has 112 valence electrons. The lowest BCUT2D eigenvalue weighted by Gasteiger charge is -2.17. The molecule has 1 aliphatic rings. The van der Waals surface area contributed by atoms with Gasteiger partial charge in [-0.1, -0.05) is 23.4 Å². The van der Waals surface area contributed by atoms with Gasteiger partial charge in [-0.05, 0) is 38.0 Å². The quantitative estimate of drug-likeness (QED) is 0.730. The van der Waals surface area contributed by atoms with E-state index in [1.54, 1.807) is 6.08 Å². The van der Waals surface area contributed by atoms with Gasteiger partial charge < -0.3 is 13.7 Å². The molecule has 0 spiro atoms. The van der Waals surface area contributed by atoms with Gasteiger partial charge in [0.1, 0.15) is 16.9 Å². The summed E-state index contributed by atoms with van der Waals surface area (Å²) in [6.07, 6.45) is 5.52. The van der Waals surface area contributed by atoms with E-state index in [2.05, 4.69) is 10.1 Å². The molecule has 0 amide bonds. The van der Waals surface area contributed by atoms with E-state index < -0.39 is 5.60 Å². The third kappa shape index (κ3) is 2.33. The van der Waals surface area contributed by atoms with Crippen LogP contribution in [0.1, 0.15) is 37.2 Å². The van der Waals surface area contributed by atoms with E-state index in [-0.39, 0.29) is 0 Å². The minimum absolute atomic E-state index is 0.422. The van der Waals surface area contributed by atoms with E-state index in [4.69, 9.17) is 13.7 Å². The molecule has 3 heterocycles. The number of furan rings is 1. The number of fused-ring (bicyclic) bond motifs is 1. The predicted molar refractivity (Wildman–Crippen MR) is 82.0 cm³/mol. The van der Waals surface area contributed by atoms with E-state index in [1.165, 1.54) is 0 Å². The molecule has 1 saturated heterocycles. The first-order valence-corrected chi connectivity index (χ1v) is 7.38. The van der Waals surface area contributed by atoms with Crippen molar-refractivity contribution < 1.29 is 13.7 Å². The molecule has 0 aliphatic carbocycles. The van der Waals surface area contributed by atoms with Crippen LogP contribution in [0.5, 0.6) is 0 Å². The summed E-state index contributed by atoms with van der Waals surface area (Å²) in [6.45, 7) is 2.74. The zero-order valence-corrected chi connectivity index (χ0v) is 12.3. The Balaban J connectivity index is 1.57. The number of ether oxygens (including phenoxy) is 1. The minimum Gasteiger partial charge on any atom is -0.457 e. The van der Waals surface area contributed by atoms with Gasteiger partial charge in [-0.2, -0.15) is 4.98 Å². The minimum atomic E-state index is -0.422. The number of benzene rings is 1. The van der Waals surface area contributed by atoms with Crippen LogP contribution in [0.15, 0.2) is 39.3 Å². The Morgan fingerprint density at radius 3 is 2.95 bits per heavy atom. The summed E-state index contributed by atoms with van der Waals surface area (Å²) in [5.74, 6) is 1.81. The SMILES string of the molecule is CC1(c2noc(C=Cc3cc4ccccc4o3)n2)CCCO1. The molecular weight excluding hydrogens is 280 g/mol. The first-order chi connectivity index (χ1) is 10.7. The van der Waals surface area contributed by atoms with Crippen LogP contribution in [0.25, 0.3) is 23.1 Å². The van der Waals surface area contributed by atoms with Crippen LogP contribution in [0.2, 0.25) is 0 Å². The lowest BCUT2D eigenvalue weighted by atomic mass is 10.0. The fourth-order valence-electron chi connectivity index (χ4n) is 2.71. The summed E-state index contributed by atoms with van der Waals surface area (Å²) in [5.41, 5.74) is 0.440. The van der Waals surface area contributed by atoms with Gasteiger partial charge in [0.05, 0.1) is 0 Å². The molecule has 1 aromatic carbocycles. The second-order valence-electron chi connectivity index (χ2n) is 5.66. The Bertz CT molecular complexity index is 792. The molecule has 1 aliphatic heterocycles. The first-order valence-electron chi connectivity index (χ1n) is 7.38. The van der Waals surface area contributed by atoms with Crippen molar-refractivity contribution in [3.8, 4) is 0 Å². The van der Waals surface area contributed by atoms with E-state index in [0.29, 0.717) is 11.7 Å². The fourth-order valence-corrected chi connectivity index (χ4v) is 2.71. The lowest BCUT2D eigenvalue weighted by Crippen LogP contribution is -2.21. The standard InChI is InChI=1S/C17H16N2O3/c1-17(9-4-10-20-17)16-18-15(22-19-16)8-7-13-11-12-5-2-3-6-14(12)21-13/h2-3,5-8,11H,4,9-10H2,1H3. The maximum absolute atomic E-state index is 5.71. The normalized spacial score (nSPS) is 22.0. The van der Waals surface area contributed by atoms with Crippen molar-refractivity contribution in [2.24, 2.45) is 0 Å². The van der Waals surface area contributed by atoms with Crippen molar-refractivity contribution >= 4 is 23.1 Å². The Morgan fingerprint density at radius 1 is 1.23 bits per heavy atom. The first kappa shape index (κ1) is 13.3. The molecule has 2 aromatic heterocycles. The summed E-state index contributed by atoms with van der Waals surface area (Å²) >= 11 is 0. The highest BCUT2D eigenvalue weighted by Crippen LogP contribution is 2.33. The van der Waals surface area contributed by atoms with E-state index in [9.17, 15) is 0 Å². The number of nitrogens with zero attached hydrogens (tertiary/aromatic N) is 2. The Morgan fingerprint density at radius 2 is 2.14 bits per heavy atom. The Hall–Kier alpha value is -2.40. The summed E-state index contributed by atoms with van der Waals surface area (Å²) in [6, 6.07) is 9.86. The van der Waals surface area contributed by atoms with Crippen molar-refractivity contribution in [2.75, 3.05) is 6.61 Å². The largest absolute Gasteiger partial charge is 0.457 e. The van der Waals surface area contributed by atoms with Crippen LogP contribution in [0, 0.1) is 0 Å². The molecule has 0 bridgehead atoms. The van der Waals surface area contributed by atoms with Gasteiger partial charge in [0.25, 0.3) is 5.89 Å². The smallest absolute Gasteiger partial charge is 0.250 e. The van der Waals surface area contributed by atoms with Crippen molar-refractivity contribution in [1.82, 2.24) is 10.1 Å². The molecular formula is C17H16N2O3. The third-order valence-electron chi connectivity index (χ3n) is 3.97. The van der Waals surface area contributed by atoms with E-state index in [1.807, 2.05) is 43.3 Å². The molecule has 22 heavy (non-hydrogen) atoms. The van der Waals surface area contributed by atoms with Gasteiger partial charge in [-0.15, -0.1) is 0 Å². The molecule has 5 nitrogen and oxygen atoms in total. The molecule has 1 fully saturated rings. The average Bonchev–Trinajstić information content (AvgIpc) is 3.24. The predicted octanol–water partition coefficient (Wildman–Crippen LogP) is 4.01. The number of hydrogen-bond donors (Lipinski definition) is 0. The molecule has 4 rings (SSSR count). The molecule has 1 unspecified atom stereocenters. The van der Waals surface area contributed by atoms with Crippen LogP contribution < -0.4 is 0 Å². The van der Waals surface area contributed by atoms with Crippen LogP contribution in [-0.4, -0.2) is 16.7 Å². The van der Waals surface area contributed by atoms with Gasteiger partial charge in [-0.25, -0.2) is 0 Å². The van der Waals surface area contributed by atoms with Crippen LogP contribution in [-0.2, 0) is 10.3 Å². The van der Waals surface area contributed by atoms with Gasteiger partial charge in [0.2, 0.25) is 5.82 Å². The topological polar surface area (TPSA) is 61.3 Å². The molecule has 5 heteroatoms. The summed E-state index contributed by atoms with van der Waals surface area (Å²) < 4.78 is 16.7. The monoisotopic (exact) mass is 296 g/mol. The highest BCUT2D eigenvalue weighted by atomic mass is 16.5. The molecule has 0 radical (unpaired) electrons. The van der Waals surface area contributed by atoms with Crippen LogP contribution >= 0.6 is 0 Å². The second-order valence-corrected chi connectivity index (χ2v) is 5.66. The number of aromatic nitrogens is 2. The Kier molecular flexibility index (Phi) is 3.08. The molecule has 1 atom stereocenters. The summed E-state index contributed by atoms with van der Waals surface area (Å²) in [4.78, 5) is 4.40. The molecule has 0 N–H and O–H groups in total. The second kappa shape index (κ2) is 5.10. The summed E-state index contributed by atoms with van der Waals surface area (Å²) in [7, 11) is 0. The van der Waals surface area contributed by atoms with Gasteiger partial charge in [0.15, 0.2) is 0 Å². The average molecular weight is 296 g/mol. The van der Waals surface area contributed by atoms with Gasteiger partial charge in [-0.3, -0.25) is 0 Å². The molecule has 3 aromatic rings. The Labute approximate surface area is 127 Å². The van der Waals surface area contributed by atoms with Crippen molar-refractivity contribution in [3.05, 3.63) is 47.8 Å². The zero-order chi connectivity index (χ0) is 15.0. The molecule has 0 saturated carbocycles. The van der Waals surface area contributed by atoms with Crippen LogP contribution in [0.4, 0.5) is 0 Å². The van der Waals surface area contributed by atoms with Crippen molar-refractivity contribution in [1.29, 1.82) is 0 Å². The maximum atomic E-state index is 5.71. The maximum Gasteiger partial charge on any atom is 0.250 e. The third-order valence-corrected chi connectivity index (χ3v) is 3.97. The van der Waals surface area contributed by atoms with Gasteiger partial charge in [0, 0.05) is 18.1 Å². The van der Waals surface area contributed by atoms with E-state index >= 15 is 0 Å². The lowest BCUT2D eigenvalue weighted by molar-refractivity contribution is 0.00768. The van der Waals surface area contributed by atoms with Crippen LogP contribution in [0.3, 0.4) is 0 Å². The van der Waals surface area contributed by atoms with Crippen molar-refractivity contribution in [2.45, 2.75) is 25.4 Å². The van der Waals surface area contributed by atoms with Gasteiger partial charge >= 0.3 is 0 Å². The number of rotatable bonds is 3. The van der Waals surface area contributed by atoms with Crippen molar-refractivity contribution in [3.63, 3.8) is 0 Å². The number of para-hydroxylation sites is 1. The highest BCUT2D eigenvalue weighted by molar-refractivity contribution is 5.81.